The van der Waals surface area contributed by atoms with Gasteiger partial charge < -0.3 is 10.0 Å². The predicted molar refractivity (Wildman–Crippen MR) is 77.9 cm³/mol. The van der Waals surface area contributed by atoms with Gasteiger partial charge in [-0.2, -0.15) is 0 Å². The zero-order valence-electron chi connectivity index (χ0n) is 12.0. The van der Waals surface area contributed by atoms with Gasteiger partial charge in [0.15, 0.2) is 0 Å². The summed E-state index contributed by atoms with van der Waals surface area (Å²) in [7, 11) is 0.297. The van der Waals surface area contributed by atoms with Crippen molar-refractivity contribution in [2.75, 3.05) is 20.6 Å². The second-order valence-corrected chi connectivity index (χ2v) is 8.40. The first-order valence-corrected chi connectivity index (χ1v) is 8.27. The van der Waals surface area contributed by atoms with E-state index in [-0.39, 0.29) is 17.0 Å². The van der Waals surface area contributed by atoms with E-state index in [1.165, 1.54) is 17.4 Å². The minimum atomic E-state index is -3.52. The zero-order valence-corrected chi connectivity index (χ0v) is 13.7. The minimum absolute atomic E-state index is 0.135. The highest BCUT2D eigenvalue weighted by Gasteiger charge is 2.25. The molecule has 0 saturated heterocycles. The van der Waals surface area contributed by atoms with Crippen molar-refractivity contribution in [3.63, 3.8) is 0 Å². The van der Waals surface area contributed by atoms with Crippen LogP contribution in [0.3, 0.4) is 0 Å². The van der Waals surface area contributed by atoms with E-state index in [9.17, 15) is 8.42 Å². The molecular weight excluding hydrogens is 284 g/mol. The van der Waals surface area contributed by atoms with Crippen LogP contribution in [0, 0.1) is 6.92 Å². The topological polar surface area (TPSA) is 69.6 Å². The number of hydrogen-bond acceptors (Lipinski definition) is 5. The van der Waals surface area contributed by atoms with Gasteiger partial charge in [0.1, 0.15) is 0 Å². The normalized spacial score (nSPS) is 13.2. The highest BCUT2D eigenvalue weighted by atomic mass is 32.2. The molecule has 1 rings (SSSR count). The number of hydrogen-bond donors (Lipinski definition) is 2. The molecule has 0 amide bonds. The quantitative estimate of drug-likeness (QED) is 0.828. The highest BCUT2D eigenvalue weighted by molar-refractivity contribution is 7.89. The predicted octanol–water partition coefficient (Wildman–Crippen LogP) is 1.17. The van der Waals surface area contributed by atoms with Crippen molar-refractivity contribution in [1.82, 2.24) is 9.62 Å². The van der Waals surface area contributed by atoms with Crippen LogP contribution in [0.15, 0.2) is 11.0 Å². The second kappa shape index (κ2) is 5.88. The fraction of sp³-hybridized carbons (Fsp3) is 0.667. The summed E-state index contributed by atoms with van der Waals surface area (Å²) in [6, 6.07) is 1.53. The molecule has 0 radical (unpaired) electrons. The maximum absolute atomic E-state index is 12.2. The third kappa shape index (κ3) is 4.00. The van der Waals surface area contributed by atoms with Gasteiger partial charge in [-0.25, -0.2) is 13.1 Å². The Morgan fingerprint density at radius 3 is 2.42 bits per heavy atom. The van der Waals surface area contributed by atoms with Gasteiger partial charge >= 0.3 is 0 Å². The van der Waals surface area contributed by atoms with Crippen LogP contribution in [-0.2, 0) is 16.6 Å². The van der Waals surface area contributed by atoms with Gasteiger partial charge in [0.05, 0.1) is 11.5 Å². The number of thiophene rings is 1. The van der Waals surface area contributed by atoms with E-state index in [0.29, 0.717) is 16.3 Å². The molecule has 7 heteroatoms. The number of likely N-dealkylation sites (N-methyl/N-ethyl adjacent to an activating group) is 1. The van der Waals surface area contributed by atoms with Crippen molar-refractivity contribution >= 4 is 21.4 Å². The Balaban J connectivity index is 2.90. The largest absolute Gasteiger partial charge is 0.391 e. The fourth-order valence-corrected chi connectivity index (χ4v) is 4.07. The first kappa shape index (κ1) is 16.6. The maximum Gasteiger partial charge on any atom is 0.241 e. The zero-order chi connectivity index (χ0) is 14.8. The summed E-state index contributed by atoms with van der Waals surface area (Å²) in [5, 5.41) is 9.06. The van der Waals surface area contributed by atoms with Crippen LogP contribution >= 0.6 is 11.3 Å². The Morgan fingerprint density at radius 2 is 2.00 bits per heavy atom. The number of sulfonamides is 1. The van der Waals surface area contributed by atoms with Crippen LogP contribution in [-0.4, -0.2) is 44.6 Å². The third-order valence-corrected chi connectivity index (χ3v) is 5.97. The van der Waals surface area contributed by atoms with Crippen LogP contribution in [0.1, 0.15) is 23.6 Å². The van der Waals surface area contributed by atoms with Gasteiger partial charge in [-0.15, -0.1) is 11.3 Å². The number of nitrogens with zero attached hydrogens (tertiary/aromatic N) is 1. The van der Waals surface area contributed by atoms with E-state index in [2.05, 4.69) is 4.72 Å². The van der Waals surface area contributed by atoms with Crippen molar-refractivity contribution < 1.29 is 13.5 Å². The van der Waals surface area contributed by atoms with Crippen molar-refractivity contribution in [2.45, 2.75) is 37.8 Å². The Morgan fingerprint density at radius 1 is 1.42 bits per heavy atom. The lowest BCUT2D eigenvalue weighted by atomic mass is 10.1. The van der Waals surface area contributed by atoms with Crippen LogP contribution in [0.25, 0.3) is 0 Å². The van der Waals surface area contributed by atoms with Crippen LogP contribution in [0.5, 0.6) is 0 Å². The number of aliphatic hydroxyl groups excluding tert-OH is 1. The molecule has 0 fully saturated rings. The molecule has 5 nitrogen and oxygen atoms in total. The third-order valence-electron chi connectivity index (χ3n) is 3.27. The molecule has 1 aromatic heterocycles. The van der Waals surface area contributed by atoms with Crippen LogP contribution in [0.2, 0.25) is 0 Å². The monoisotopic (exact) mass is 306 g/mol. The molecule has 2 N–H and O–H groups in total. The number of rotatable bonds is 6. The molecule has 0 spiro atoms. The molecule has 19 heavy (non-hydrogen) atoms. The average Bonchev–Trinajstić information content (AvgIpc) is 2.69. The molecule has 0 aromatic carbocycles. The molecule has 110 valence electrons. The van der Waals surface area contributed by atoms with E-state index in [4.69, 9.17) is 5.11 Å². The Hall–Kier alpha value is -0.470. The Bertz CT molecular complexity index is 533. The van der Waals surface area contributed by atoms with Gasteiger partial charge in [0.25, 0.3) is 0 Å². The second-order valence-electron chi connectivity index (χ2n) is 5.32. The van der Waals surface area contributed by atoms with Gasteiger partial charge in [-0.3, -0.25) is 0 Å². The summed E-state index contributed by atoms with van der Waals surface area (Å²) < 4.78 is 27.1. The summed E-state index contributed by atoms with van der Waals surface area (Å²) in [6.45, 7) is 5.87. The van der Waals surface area contributed by atoms with Crippen LogP contribution < -0.4 is 4.72 Å². The summed E-state index contributed by atoms with van der Waals surface area (Å²) in [5.41, 5.74) is -0.267. The first-order valence-electron chi connectivity index (χ1n) is 5.97. The van der Waals surface area contributed by atoms with E-state index >= 15 is 0 Å². The van der Waals surface area contributed by atoms with Crippen LogP contribution in [0.4, 0.5) is 0 Å². The Labute approximate surface area is 119 Å². The maximum atomic E-state index is 12.2. The molecule has 0 saturated carbocycles. The van der Waals surface area contributed by atoms with Crippen molar-refractivity contribution in [3.8, 4) is 0 Å². The van der Waals surface area contributed by atoms with Crippen molar-refractivity contribution in [3.05, 3.63) is 15.8 Å². The van der Waals surface area contributed by atoms with Gasteiger partial charge in [0.2, 0.25) is 10.0 Å². The lowest BCUT2D eigenvalue weighted by Crippen LogP contribution is -2.48. The summed E-state index contributed by atoms with van der Waals surface area (Å²) in [5.74, 6) is 0. The molecule has 0 bridgehead atoms. The number of aryl methyl sites for hydroxylation is 1. The van der Waals surface area contributed by atoms with Gasteiger partial charge in [-0.1, -0.05) is 0 Å². The molecule has 1 heterocycles. The number of nitrogens with one attached hydrogen (secondary N) is 1. The van der Waals surface area contributed by atoms with Gasteiger partial charge in [-0.05, 0) is 40.9 Å². The lowest BCUT2D eigenvalue weighted by molar-refractivity contribution is 0.199. The fourth-order valence-electron chi connectivity index (χ4n) is 1.38. The Kier molecular flexibility index (Phi) is 5.14. The average molecular weight is 306 g/mol. The summed E-state index contributed by atoms with van der Waals surface area (Å²) >= 11 is 1.30. The molecule has 0 aliphatic heterocycles. The molecule has 0 atom stereocenters. The molecular formula is C12H22N2O3S2. The van der Waals surface area contributed by atoms with E-state index < -0.39 is 10.0 Å². The molecule has 0 unspecified atom stereocenters. The minimum Gasteiger partial charge on any atom is -0.391 e. The highest BCUT2D eigenvalue weighted by Crippen LogP contribution is 2.25. The molecule has 0 aliphatic rings. The SMILES string of the molecule is Cc1sc(CO)cc1S(=O)(=O)NCC(C)(C)N(C)C. The van der Waals surface area contributed by atoms with E-state index in [0.717, 1.165) is 0 Å². The standard InChI is InChI=1S/C12H22N2O3S2/c1-9-11(6-10(7-15)18-9)19(16,17)13-8-12(2,3)14(4)5/h6,13,15H,7-8H2,1-5H3. The summed E-state index contributed by atoms with van der Waals surface area (Å²) in [4.78, 5) is 3.58. The lowest BCUT2D eigenvalue weighted by Gasteiger charge is -2.32. The molecule has 1 aromatic rings. The van der Waals surface area contributed by atoms with Gasteiger partial charge in [0, 0.05) is 21.8 Å². The van der Waals surface area contributed by atoms with Crippen molar-refractivity contribution in [1.29, 1.82) is 0 Å². The van der Waals surface area contributed by atoms with E-state index in [1.54, 1.807) is 6.92 Å². The van der Waals surface area contributed by atoms with E-state index in [1.807, 2.05) is 32.8 Å². The first-order chi connectivity index (χ1) is 8.60. The smallest absolute Gasteiger partial charge is 0.241 e. The number of aliphatic hydroxyl groups is 1. The summed E-state index contributed by atoms with van der Waals surface area (Å²) in [6.07, 6.45) is 0. The van der Waals surface area contributed by atoms with Crippen molar-refractivity contribution in [2.24, 2.45) is 0 Å². The molecule has 0 aliphatic carbocycles.